The fourth-order valence-electron chi connectivity index (χ4n) is 3.81. The number of morpholine rings is 1. The van der Waals surface area contributed by atoms with Gasteiger partial charge in [-0.25, -0.2) is 0 Å². The first-order chi connectivity index (χ1) is 10.3. The first-order valence-corrected chi connectivity index (χ1v) is 8.15. The van der Waals surface area contributed by atoms with Crippen LogP contribution in [0.2, 0.25) is 5.02 Å². The van der Waals surface area contributed by atoms with Crippen LogP contribution in [0.25, 0.3) is 0 Å². The summed E-state index contributed by atoms with van der Waals surface area (Å²) in [7, 11) is 0. The zero-order chi connectivity index (χ0) is 14.3. The van der Waals surface area contributed by atoms with Gasteiger partial charge in [0.1, 0.15) is 11.4 Å². The highest BCUT2D eigenvalue weighted by Gasteiger charge is 2.45. The molecule has 3 heterocycles. The standard InChI is InChI=1S/C16H21ClN2O2/c17-12-1-2-13-14(19-5-7-20-8-6-19)10-16(3-4-18-11-16)21-15(13)9-12/h1-2,9,14,18H,3-8,10-11H2. The summed E-state index contributed by atoms with van der Waals surface area (Å²) < 4.78 is 11.9. The monoisotopic (exact) mass is 308 g/mol. The van der Waals surface area contributed by atoms with Gasteiger partial charge < -0.3 is 14.8 Å². The lowest BCUT2D eigenvalue weighted by Crippen LogP contribution is -2.49. The van der Waals surface area contributed by atoms with Crippen molar-refractivity contribution in [3.63, 3.8) is 0 Å². The Morgan fingerprint density at radius 1 is 1.29 bits per heavy atom. The summed E-state index contributed by atoms with van der Waals surface area (Å²) in [5, 5.41) is 4.20. The summed E-state index contributed by atoms with van der Waals surface area (Å²) in [5.74, 6) is 0.967. The van der Waals surface area contributed by atoms with Crippen molar-refractivity contribution in [1.82, 2.24) is 10.2 Å². The third-order valence-electron chi connectivity index (χ3n) is 4.92. The molecule has 2 fully saturated rings. The van der Waals surface area contributed by atoms with Crippen molar-refractivity contribution in [2.75, 3.05) is 39.4 Å². The Kier molecular flexibility index (Phi) is 3.58. The number of nitrogens with zero attached hydrogens (tertiary/aromatic N) is 1. The van der Waals surface area contributed by atoms with E-state index in [0.29, 0.717) is 6.04 Å². The van der Waals surface area contributed by atoms with Gasteiger partial charge in [0, 0.05) is 49.1 Å². The molecular weight excluding hydrogens is 288 g/mol. The van der Waals surface area contributed by atoms with E-state index in [-0.39, 0.29) is 5.60 Å². The molecule has 0 aromatic heterocycles. The van der Waals surface area contributed by atoms with Crippen molar-refractivity contribution >= 4 is 11.6 Å². The zero-order valence-electron chi connectivity index (χ0n) is 12.1. The van der Waals surface area contributed by atoms with Crippen LogP contribution in [-0.2, 0) is 4.74 Å². The quantitative estimate of drug-likeness (QED) is 0.862. The number of halogens is 1. The van der Waals surface area contributed by atoms with E-state index < -0.39 is 0 Å². The lowest BCUT2D eigenvalue weighted by molar-refractivity contribution is -0.0257. The average molecular weight is 309 g/mol. The SMILES string of the molecule is Clc1ccc2c(c1)OC1(CCNC1)CC2N1CCOCC1. The van der Waals surface area contributed by atoms with Gasteiger partial charge in [0.2, 0.25) is 0 Å². The average Bonchev–Trinajstić information content (AvgIpc) is 2.95. The Morgan fingerprint density at radius 3 is 2.90 bits per heavy atom. The summed E-state index contributed by atoms with van der Waals surface area (Å²) in [5.41, 5.74) is 1.21. The minimum atomic E-state index is -0.0688. The molecule has 3 aliphatic heterocycles. The molecule has 21 heavy (non-hydrogen) atoms. The van der Waals surface area contributed by atoms with Crippen molar-refractivity contribution < 1.29 is 9.47 Å². The van der Waals surface area contributed by atoms with E-state index >= 15 is 0 Å². The molecule has 4 nitrogen and oxygen atoms in total. The minimum absolute atomic E-state index is 0.0688. The largest absolute Gasteiger partial charge is 0.485 e. The van der Waals surface area contributed by atoms with Crippen molar-refractivity contribution in [3.05, 3.63) is 28.8 Å². The van der Waals surface area contributed by atoms with E-state index in [1.165, 1.54) is 5.56 Å². The molecule has 1 spiro atoms. The van der Waals surface area contributed by atoms with Crippen molar-refractivity contribution in [3.8, 4) is 5.75 Å². The normalized spacial score (nSPS) is 32.9. The molecule has 1 aromatic rings. The molecule has 2 saturated heterocycles. The molecule has 2 atom stereocenters. The summed E-state index contributed by atoms with van der Waals surface area (Å²) in [6.45, 7) is 5.61. The first kappa shape index (κ1) is 13.8. The van der Waals surface area contributed by atoms with E-state index in [0.717, 1.165) is 63.0 Å². The molecule has 0 aliphatic carbocycles. The predicted molar refractivity (Wildman–Crippen MR) is 82.0 cm³/mol. The Morgan fingerprint density at radius 2 is 2.14 bits per heavy atom. The topological polar surface area (TPSA) is 33.7 Å². The second kappa shape index (κ2) is 5.43. The highest BCUT2D eigenvalue weighted by atomic mass is 35.5. The molecule has 1 N–H and O–H groups in total. The van der Waals surface area contributed by atoms with Gasteiger partial charge in [0.25, 0.3) is 0 Å². The van der Waals surface area contributed by atoms with Crippen LogP contribution < -0.4 is 10.1 Å². The van der Waals surface area contributed by atoms with Crippen LogP contribution in [-0.4, -0.2) is 49.9 Å². The molecule has 1 aromatic carbocycles. The Balaban J connectivity index is 1.70. The molecule has 4 rings (SSSR count). The highest BCUT2D eigenvalue weighted by molar-refractivity contribution is 6.30. The first-order valence-electron chi connectivity index (χ1n) is 7.77. The highest BCUT2D eigenvalue weighted by Crippen LogP contribution is 2.45. The Hall–Kier alpha value is -0.810. The molecule has 0 amide bonds. The number of hydrogen-bond acceptors (Lipinski definition) is 4. The van der Waals surface area contributed by atoms with Crippen LogP contribution >= 0.6 is 11.6 Å². The van der Waals surface area contributed by atoms with Crippen molar-refractivity contribution in [1.29, 1.82) is 0 Å². The zero-order valence-corrected chi connectivity index (χ0v) is 12.9. The fraction of sp³-hybridized carbons (Fsp3) is 0.625. The summed E-state index contributed by atoms with van der Waals surface area (Å²) in [6.07, 6.45) is 2.12. The maximum atomic E-state index is 6.38. The second-order valence-corrected chi connectivity index (χ2v) is 6.70. The maximum absolute atomic E-state index is 6.38. The molecule has 5 heteroatoms. The molecule has 114 valence electrons. The molecule has 0 radical (unpaired) electrons. The fourth-order valence-corrected chi connectivity index (χ4v) is 3.97. The lowest BCUT2D eigenvalue weighted by Gasteiger charge is -2.44. The molecule has 0 saturated carbocycles. The Labute approximate surface area is 130 Å². The third-order valence-corrected chi connectivity index (χ3v) is 5.15. The minimum Gasteiger partial charge on any atom is -0.485 e. The van der Waals surface area contributed by atoms with Crippen LogP contribution in [0.3, 0.4) is 0 Å². The smallest absolute Gasteiger partial charge is 0.126 e. The van der Waals surface area contributed by atoms with Crippen molar-refractivity contribution in [2.45, 2.75) is 24.5 Å². The van der Waals surface area contributed by atoms with E-state index in [1.807, 2.05) is 12.1 Å². The van der Waals surface area contributed by atoms with Gasteiger partial charge in [0.05, 0.1) is 13.2 Å². The van der Waals surface area contributed by atoms with Crippen LogP contribution in [0, 0.1) is 0 Å². The van der Waals surface area contributed by atoms with Gasteiger partial charge in [-0.3, -0.25) is 4.90 Å². The third kappa shape index (κ3) is 2.55. The molecule has 3 aliphatic rings. The lowest BCUT2D eigenvalue weighted by atomic mass is 9.85. The van der Waals surface area contributed by atoms with Crippen LogP contribution in [0.5, 0.6) is 5.75 Å². The van der Waals surface area contributed by atoms with Gasteiger partial charge in [0.15, 0.2) is 0 Å². The second-order valence-electron chi connectivity index (χ2n) is 6.26. The van der Waals surface area contributed by atoms with Crippen LogP contribution in [0.15, 0.2) is 18.2 Å². The summed E-state index contributed by atoms with van der Waals surface area (Å²) in [4.78, 5) is 2.54. The summed E-state index contributed by atoms with van der Waals surface area (Å²) >= 11 is 6.18. The van der Waals surface area contributed by atoms with Gasteiger partial charge in [-0.05, 0) is 18.7 Å². The maximum Gasteiger partial charge on any atom is 0.126 e. The number of hydrogen-bond donors (Lipinski definition) is 1. The molecular formula is C16H21ClN2O2. The molecule has 2 unspecified atom stereocenters. The number of nitrogens with one attached hydrogen (secondary N) is 1. The molecule has 0 bridgehead atoms. The predicted octanol–water partition coefficient (Wildman–Crippen LogP) is 2.23. The van der Waals surface area contributed by atoms with Gasteiger partial charge in [-0.1, -0.05) is 17.7 Å². The van der Waals surface area contributed by atoms with Crippen LogP contribution in [0.1, 0.15) is 24.4 Å². The van der Waals surface area contributed by atoms with E-state index in [2.05, 4.69) is 16.3 Å². The number of ether oxygens (including phenoxy) is 2. The van der Waals surface area contributed by atoms with E-state index in [9.17, 15) is 0 Å². The van der Waals surface area contributed by atoms with E-state index in [1.54, 1.807) is 0 Å². The van der Waals surface area contributed by atoms with Gasteiger partial charge in [-0.2, -0.15) is 0 Å². The van der Waals surface area contributed by atoms with Gasteiger partial charge >= 0.3 is 0 Å². The summed E-state index contributed by atoms with van der Waals surface area (Å²) in [6, 6.07) is 6.49. The van der Waals surface area contributed by atoms with Gasteiger partial charge in [-0.15, -0.1) is 0 Å². The van der Waals surface area contributed by atoms with Crippen LogP contribution in [0.4, 0.5) is 0 Å². The number of rotatable bonds is 1. The number of benzene rings is 1. The van der Waals surface area contributed by atoms with Crippen molar-refractivity contribution in [2.24, 2.45) is 0 Å². The Bertz CT molecular complexity index is 525. The number of fused-ring (bicyclic) bond motifs is 1. The van der Waals surface area contributed by atoms with E-state index in [4.69, 9.17) is 21.1 Å².